The zero-order valence-corrected chi connectivity index (χ0v) is 17.0. The lowest BCUT2D eigenvalue weighted by Gasteiger charge is -2.32. The van der Waals surface area contributed by atoms with E-state index in [1.807, 2.05) is 26.8 Å². The molecule has 0 saturated heterocycles. The second-order valence-corrected chi connectivity index (χ2v) is 8.33. The number of ether oxygens (including phenoxy) is 2. The highest BCUT2D eigenvalue weighted by Gasteiger charge is 2.34. The maximum absolute atomic E-state index is 12.5. The lowest BCUT2D eigenvalue weighted by Crippen LogP contribution is -2.56. The van der Waals surface area contributed by atoms with Gasteiger partial charge in [0.25, 0.3) is 0 Å². The van der Waals surface area contributed by atoms with Crippen molar-refractivity contribution in [2.24, 2.45) is 0 Å². The van der Waals surface area contributed by atoms with E-state index in [0.717, 1.165) is 0 Å². The van der Waals surface area contributed by atoms with Gasteiger partial charge in [0.15, 0.2) is 6.04 Å². The smallest absolute Gasteiger partial charge is 0.331 e. The van der Waals surface area contributed by atoms with Gasteiger partial charge in [-0.25, -0.2) is 9.59 Å². The maximum atomic E-state index is 12.5. The van der Waals surface area contributed by atoms with Crippen molar-refractivity contribution < 1.29 is 24.2 Å². The number of hydrogen-bond acceptors (Lipinski definition) is 6. The van der Waals surface area contributed by atoms with Crippen LogP contribution in [0.3, 0.4) is 0 Å². The molecule has 0 heterocycles. The number of nitriles is 1. The van der Waals surface area contributed by atoms with E-state index in [1.165, 1.54) is 6.92 Å². The number of nitrogens with zero attached hydrogens (tertiary/aromatic N) is 1. The highest BCUT2D eigenvalue weighted by molar-refractivity contribution is 5.84. The molecule has 0 aromatic carbocycles. The Balaban J connectivity index is 5.19. The normalized spacial score (nSPS) is 16.6. The first kappa shape index (κ1) is 24.1. The summed E-state index contributed by atoms with van der Waals surface area (Å²) >= 11 is 0. The predicted octanol–water partition coefficient (Wildman–Crippen LogP) is 1.86. The van der Waals surface area contributed by atoms with Crippen molar-refractivity contribution in [2.45, 2.75) is 97.3 Å². The van der Waals surface area contributed by atoms with Gasteiger partial charge in [-0.1, -0.05) is 0 Å². The van der Waals surface area contributed by atoms with Crippen molar-refractivity contribution in [3.63, 3.8) is 0 Å². The zero-order valence-electron chi connectivity index (χ0n) is 17.0. The quantitative estimate of drug-likeness (QED) is 0.588. The molecule has 0 aromatic rings. The van der Waals surface area contributed by atoms with Crippen molar-refractivity contribution >= 4 is 12.0 Å². The molecule has 2 amide bonds. The second kappa shape index (κ2) is 9.74. The van der Waals surface area contributed by atoms with Gasteiger partial charge in [0.1, 0.15) is 11.6 Å². The SMILES string of the molecule is CC(O)C[C@@H](C#N)NC(=O)N[C@H](C(=O)OC(C)(C)C)C(C)OC(C)(C)C. The van der Waals surface area contributed by atoms with Crippen molar-refractivity contribution in [3.05, 3.63) is 0 Å². The Hall–Kier alpha value is -1.85. The summed E-state index contributed by atoms with van der Waals surface area (Å²) in [5, 5.41) is 23.4. The molecule has 8 heteroatoms. The van der Waals surface area contributed by atoms with E-state index in [2.05, 4.69) is 10.6 Å². The summed E-state index contributed by atoms with van der Waals surface area (Å²) in [7, 11) is 0. The maximum Gasteiger partial charge on any atom is 0.331 e. The van der Waals surface area contributed by atoms with Crippen LogP contribution in [0.5, 0.6) is 0 Å². The van der Waals surface area contributed by atoms with E-state index in [1.54, 1.807) is 27.7 Å². The fourth-order valence-corrected chi connectivity index (χ4v) is 2.19. The molecule has 0 aliphatic heterocycles. The number of aliphatic hydroxyl groups excluding tert-OH is 1. The molecule has 0 bridgehead atoms. The van der Waals surface area contributed by atoms with E-state index >= 15 is 0 Å². The molecule has 0 aromatic heterocycles. The Morgan fingerprint density at radius 1 is 1.08 bits per heavy atom. The number of amides is 2. The molecule has 0 rings (SSSR count). The van der Waals surface area contributed by atoms with Gasteiger partial charge >= 0.3 is 12.0 Å². The zero-order chi connectivity index (χ0) is 20.7. The number of carbonyl (C=O) groups excluding carboxylic acids is 2. The van der Waals surface area contributed by atoms with E-state index in [0.29, 0.717) is 0 Å². The van der Waals surface area contributed by atoms with Crippen LogP contribution < -0.4 is 10.6 Å². The molecule has 8 nitrogen and oxygen atoms in total. The summed E-state index contributed by atoms with van der Waals surface area (Å²) in [4.78, 5) is 24.7. The summed E-state index contributed by atoms with van der Waals surface area (Å²) in [6.45, 7) is 13.9. The number of rotatable bonds is 7. The number of nitrogens with one attached hydrogen (secondary N) is 2. The molecule has 0 aliphatic rings. The van der Waals surface area contributed by atoms with Crippen molar-refractivity contribution in [3.8, 4) is 6.07 Å². The Morgan fingerprint density at radius 2 is 1.62 bits per heavy atom. The number of urea groups is 1. The molecule has 0 fully saturated rings. The van der Waals surface area contributed by atoms with Crippen LogP contribution in [0.2, 0.25) is 0 Å². The summed E-state index contributed by atoms with van der Waals surface area (Å²) in [5.41, 5.74) is -1.25. The Morgan fingerprint density at radius 3 is 2.00 bits per heavy atom. The van der Waals surface area contributed by atoms with Crippen LogP contribution in [0, 0.1) is 11.3 Å². The second-order valence-electron chi connectivity index (χ2n) is 8.33. The lowest BCUT2D eigenvalue weighted by molar-refractivity contribution is -0.164. The minimum Gasteiger partial charge on any atom is -0.458 e. The number of carbonyl (C=O) groups is 2. The van der Waals surface area contributed by atoms with Crippen molar-refractivity contribution in [1.82, 2.24) is 10.6 Å². The van der Waals surface area contributed by atoms with E-state index < -0.39 is 47.5 Å². The first-order valence-corrected chi connectivity index (χ1v) is 8.70. The fraction of sp³-hybridized carbons (Fsp3) is 0.833. The third-order valence-corrected chi connectivity index (χ3v) is 2.99. The van der Waals surface area contributed by atoms with Gasteiger partial charge in [0.05, 0.1) is 23.9 Å². The van der Waals surface area contributed by atoms with Crippen LogP contribution >= 0.6 is 0 Å². The molecule has 0 aliphatic carbocycles. The fourth-order valence-electron chi connectivity index (χ4n) is 2.19. The average molecular weight is 371 g/mol. The topological polar surface area (TPSA) is 121 Å². The molecule has 150 valence electrons. The summed E-state index contributed by atoms with van der Waals surface area (Å²) < 4.78 is 11.1. The average Bonchev–Trinajstić information content (AvgIpc) is 2.39. The number of esters is 1. The highest BCUT2D eigenvalue weighted by atomic mass is 16.6. The van der Waals surface area contributed by atoms with Crippen LogP contribution in [0.15, 0.2) is 0 Å². The number of hydrogen-bond donors (Lipinski definition) is 3. The van der Waals surface area contributed by atoms with E-state index in [9.17, 15) is 14.7 Å². The third kappa shape index (κ3) is 10.9. The van der Waals surface area contributed by atoms with Crippen LogP contribution in [-0.2, 0) is 14.3 Å². The summed E-state index contributed by atoms with van der Waals surface area (Å²) in [6, 6.07) is -0.755. The minimum atomic E-state index is -1.06. The Bertz CT molecular complexity index is 514. The van der Waals surface area contributed by atoms with Gasteiger partial charge in [-0.15, -0.1) is 0 Å². The largest absolute Gasteiger partial charge is 0.458 e. The van der Waals surface area contributed by atoms with Gasteiger partial charge in [-0.05, 0) is 55.4 Å². The van der Waals surface area contributed by atoms with Gasteiger partial charge in [-0.2, -0.15) is 5.26 Å². The lowest BCUT2D eigenvalue weighted by atomic mass is 10.1. The van der Waals surface area contributed by atoms with Crippen LogP contribution in [0.1, 0.15) is 61.8 Å². The van der Waals surface area contributed by atoms with Crippen molar-refractivity contribution in [2.75, 3.05) is 0 Å². The molecular weight excluding hydrogens is 338 g/mol. The van der Waals surface area contributed by atoms with Crippen LogP contribution in [0.4, 0.5) is 4.79 Å². The van der Waals surface area contributed by atoms with E-state index in [4.69, 9.17) is 14.7 Å². The molecule has 3 N–H and O–H groups in total. The van der Waals surface area contributed by atoms with Gasteiger partial charge in [0, 0.05) is 6.42 Å². The van der Waals surface area contributed by atoms with Gasteiger partial charge < -0.3 is 25.2 Å². The predicted molar refractivity (Wildman–Crippen MR) is 97.3 cm³/mol. The monoisotopic (exact) mass is 371 g/mol. The molecule has 0 spiro atoms. The van der Waals surface area contributed by atoms with Crippen LogP contribution in [0.25, 0.3) is 0 Å². The molecule has 4 atom stereocenters. The number of aliphatic hydroxyl groups is 1. The molecule has 0 radical (unpaired) electrons. The minimum absolute atomic E-state index is 0.0784. The summed E-state index contributed by atoms with van der Waals surface area (Å²) in [6.07, 6.45) is -1.33. The highest BCUT2D eigenvalue weighted by Crippen LogP contribution is 2.16. The van der Waals surface area contributed by atoms with Gasteiger partial charge in [-0.3, -0.25) is 0 Å². The van der Waals surface area contributed by atoms with Crippen LogP contribution in [-0.4, -0.2) is 52.6 Å². The molecule has 0 saturated carbocycles. The Labute approximate surface area is 156 Å². The van der Waals surface area contributed by atoms with Gasteiger partial charge in [0.2, 0.25) is 0 Å². The molecule has 2 unspecified atom stereocenters. The first-order valence-electron chi connectivity index (χ1n) is 8.70. The first-order chi connectivity index (χ1) is 11.6. The molecule has 26 heavy (non-hydrogen) atoms. The van der Waals surface area contributed by atoms with Crippen molar-refractivity contribution in [1.29, 1.82) is 5.26 Å². The Kier molecular flexibility index (Phi) is 9.05. The third-order valence-electron chi connectivity index (χ3n) is 2.99. The molecular formula is C18H33N3O5. The standard InChI is InChI=1S/C18H33N3O5/c1-11(22)9-13(10-19)20-16(24)21-14(12(2)25-17(3,4)5)15(23)26-18(6,7)8/h11-14,22H,9H2,1-8H3,(H2,20,21,24)/t11?,12?,13-,14-/m0/s1. The summed E-state index contributed by atoms with van der Waals surface area (Å²) in [5.74, 6) is -0.631. The van der Waals surface area contributed by atoms with E-state index in [-0.39, 0.29) is 6.42 Å².